The van der Waals surface area contributed by atoms with E-state index < -0.39 is 20.9 Å². The molecule has 212 valence electrons. The van der Waals surface area contributed by atoms with Crippen LogP contribution in [0.1, 0.15) is 62.8 Å². The monoisotopic (exact) mass is 568 g/mol. The number of carbonyl (C=O) groups is 1. The van der Waals surface area contributed by atoms with Gasteiger partial charge in [0, 0.05) is 29.3 Å². The Morgan fingerprint density at radius 3 is 2.55 bits per heavy atom. The Morgan fingerprint density at radius 2 is 1.88 bits per heavy atom. The zero-order valence-electron chi connectivity index (χ0n) is 22.8. The third-order valence-electron chi connectivity index (χ3n) is 7.38. The molecule has 1 saturated carbocycles. The van der Waals surface area contributed by atoms with Crippen LogP contribution in [-0.4, -0.2) is 41.1 Å². The molecule has 0 saturated heterocycles. The third kappa shape index (κ3) is 5.53. The molecule has 11 nitrogen and oxygen atoms in total. The average molecular weight is 569 g/mol. The van der Waals surface area contributed by atoms with Gasteiger partial charge in [-0.3, -0.25) is 10.1 Å². The highest BCUT2D eigenvalue weighted by Crippen LogP contribution is 2.41. The molecular formula is C28H32N4O7S. The number of rotatable bonds is 6. The van der Waals surface area contributed by atoms with Crippen LogP contribution in [0.2, 0.25) is 0 Å². The van der Waals surface area contributed by atoms with E-state index in [0.29, 0.717) is 24.2 Å². The third-order valence-corrected chi connectivity index (χ3v) is 9.19. The van der Waals surface area contributed by atoms with Crippen molar-refractivity contribution in [3.05, 3.63) is 69.4 Å². The van der Waals surface area contributed by atoms with Crippen molar-refractivity contribution >= 4 is 33.2 Å². The van der Waals surface area contributed by atoms with Crippen molar-refractivity contribution in [1.29, 1.82) is 0 Å². The summed E-state index contributed by atoms with van der Waals surface area (Å²) in [5.41, 5.74) is 3.12. The van der Waals surface area contributed by atoms with Gasteiger partial charge in [-0.1, -0.05) is 0 Å². The molecule has 0 bridgehead atoms. The number of sulfone groups is 1. The number of non-ortho nitro benzene ring substituents is 1. The first-order chi connectivity index (χ1) is 18.8. The highest BCUT2D eigenvalue weighted by atomic mass is 32.2. The zero-order valence-corrected chi connectivity index (χ0v) is 23.7. The Labute approximate surface area is 232 Å². The number of carbonyl (C=O) groups excluding carboxylic acids is 1. The average Bonchev–Trinajstić information content (AvgIpc) is 3.55. The molecule has 2 aliphatic rings. The van der Waals surface area contributed by atoms with Crippen LogP contribution in [0.3, 0.4) is 0 Å². The molecule has 1 aliphatic carbocycles. The van der Waals surface area contributed by atoms with Crippen LogP contribution in [0, 0.1) is 17.0 Å². The van der Waals surface area contributed by atoms with Gasteiger partial charge in [0.1, 0.15) is 17.7 Å². The summed E-state index contributed by atoms with van der Waals surface area (Å²) >= 11 is 0. The first-order valence-corrected chi connectivity index (χ1v) is 14.8. The van der Waals surface area contributed by atoms with Gasteiger partial charge in [-0.05, 0) is 89.3 Å². The Balaban J connectivity index is 1.29. The summed E-state index contributed by atoms with van der Waals surface area (Å²) in [4.78, 5) is 23.1. The number of aromatic nitrogens is 2. The van der Waals surface area contributed by atoms with E-state index in [1.807, 2.05) is 17.7 Å². The van der Waals surface area contributed by atoms with Crippen LogP contribution in [0.4, 0.5) is 22.0 Å². The van der Waals surface area contributed by atoms with E-state index in [0.717, 1.165) is 34.7 Å². The molecule has 1 unspecified atom stereocenters. The number of benzene rings is 2. The molecule has 1 N–H and O–H groups in total. The topological polar surface area (TPSA) is 143 Å². The second-order valence-corrected chi connectivity index (χ2v) is 13.4. The lowest BCUT2D eigenvalue weighted by atomic mass is 10.0. The molecule has 1 aliphatic heterocycles. The first-order valence-electron chi connectivity index (χ1n) is 13.2. The fourth-order valence-corrected chi connectivity index (χ4v) is 6.91. The normalized spacial score (nSPS) is 19.7. The first kappa shape index (κ1) is 27.6. The second kappa shape index (κ2) is 10.2. The van der Waals surface area contributed by atoms with Crippen LogP contribution >= 0.6 is 0 Å². The van der Waals surface area contributed by atoms with Gasteiger partial charge in [0.25, 0.3) is 5.69 Å². The second-order valence-electron chi connectivity index (χ2n) is 11.3. The fraction of sp³-hybridized carbons (Fsp3) is 0.429. The zero-order chi connectivity index (χ0) is 28.8. The molecule has 2 aromatic carbocycles. The molecule has 2 atom stereocenters. The molecule has 40 heavy (non-hydrogen) atoms. The Hall–Kier alpha value is -3.93. The van der Waals surface area contributed by atoms with Crippen LogP contribution in [-0.2, 0) is 26.5 Å². The number of ether oxygens (including phenoxy) is 2. The van der Waals surface area contributed by atoms with Crippen LogP contribution < -0.4 is 10.1 Å². The summed E-state index contributed by atoms with van der Waals surface area (Å²) in [7, 11) is -3.19. The van der Waals surface area contributed by atoms with Crippen molar-refractivity contribution in [2.45, 2.75) is 75.8 Å². The summed E-state index contributed by atoms with van der Waals surface area (Å²) in [6, 6.07) is 10.6. The van der Waals surface area contributed by atoms with E-state index >= 15 is 0 Å². The largest absolute Gasteiger partial charge is 0.514 e. The molecule has 0 amide bonds. The van der Waals surface area contributed by atoms with Gasteiger partial charge in [0.2, 0.25) is 0 Å². The quantitative estimate of drug-likeness (QED) is 0.169. The molecular weight excluding hydrogens is 536 g/mol. The number of hydrogen-bond donors (Lipinski definition) is 1. The summed E-state index contributed by atoms with van der Waals surface area (Å²) in [5.74, 6) is 1.22. The number of nitro benzene ring substituents is 1. The van der Waals surface area contributed by atoms with E-state index in [2.05, 4.69) is 26.1 Å². The minimum Gasteiger partial charge on any atom is -0.431 e. The molecule has 12 heteroatoms. The highest BCUT2D eigenvalue weighted by Gasteiger charge is 2.34. The fourth-order valence-electron chi connectivity index (χ4n) is 5.37. The van der Waals surface area contributed by atoms with Crippen molar-refractivity contribution < 1.29 is 27.6 Å². The molecule has 1 fully saturated rings. The molecule has 3 aromatic rings. The molecule has 0 radical (unpaired) electrons. The van der Waals surface area contributed by atoms with Crippen LogP contribution in [0.5, 0.6) is 5.75 Å². The summed E-state index contributed by atoms with van der Waals surface area (Å²) in [5, 5.41) is 19.3. The van der Waals surface area contributed by atoms with E-state index in [9.17, 15) is 23.3 Å². The van der Waals surface area contributed by atoms with E-state index in [1.165, 1.54) is 24.3 Å². The van der Waals surface area contributed by atoms with E-state index in [-0.39, 0.29) is 34.8 Å². The predicted molar refractivity (Wildman–Crippen MR) is 148 cm³/mol. The lowest BCUT2D eigenvalue weighted by molar-refractivity contribution is -0.384. The maximum absolute atomic E-state index is 12.4. The van der Waals surface area contributed by atoms with E-state index in [4.69, 9.17) is 14.6 Å². The van der Waals surface area contributed by atoms with Crippen LogP contribution in [0.15, 0.2) is 47.4 Å². The Bertz CT molecular complexity index is 1570. The van der Waals surface area contributed by atoms with E-state index in [1.54, 1.807) is 12.1 Å². The van der Waals surface area contributed by atoms with Gasteiger partial charge in [-0.2, -0.15) is 5.10 Å². The minimum absolute atomic E-state index is 0.0755. The number of hydrogen-bond acceptors (Lipinski definition) is 9. The standard InChI is InChI=1S/C28H32N4O7S/c1-17-25(19-5-9-23(16-19)39-27(33)38-22-10-7-21(8-11-22)32(34)35)30-31(28(2,3)4)26(17)29-20-6-12-24-18(15-20)13-14-40(24,36)37/h6-8,10-12,15,19,23,29H,5,9,13-14,16H2,1-4H3/t19?,23-/m1/s1. The van der Waals surface area contributed by atoms with Crippen molar-refractivity contribution in [1.82, 2.24) is 9.78 Å². The summed E-state index contributed by atoms with van der Waals surface area (Å²) < 4.78 is 37.2. The van der Waals surface area contributed by atoms with Gasteiger partial charge in [-0.25, -0.2) is 17.9 Å². The highest BCUT2D eigenvalue weighted by molar-refractivity contribution is 7.91. The van der Waals surface area contributed by atoms with Crippen molar-refractivity contribution in [3.63, 3.8) is 0 Å². The predicted octanol–water partition coefficient (Wildman–Crippen LogP) is 5.78. The molecule has 1 aromatic heterocycles. The molecule has 5 rings (SSSR count). The lowest BCUT2D eigenvalue weighted by Crippen LogP contribution is -2.25. The maximum atomic E-state index is 12.4. The van der Waals surface area contributed by atoms with Gasteiger partial charge in [0.15, 0.2) is 9.84 Å². The van der Waals surface area contributed by atoms with Crippen molar-refractivity contribution in [3.8, 4) is 5.75 Å². The summed E-state index contributed by atoms with van der Waals surface area (Å²) in [6.45, 7) is 8.22. The smallest absolute Gasteiger partial charge is 0.431 e. The Kier molecular flexibility index (Phi) is 7.07. The van der Waals surface area contributed by atoms with Gasteiger partial charge >= 0.3 is 6.16 Å². The van der Waals surface area contributed by atoms with Crippen LogP contribution in [0.25, 0.3) is 0 Å². The van der Waals surface area contributed by atoms with Gasteiger partial charge in [0.05, 0.1) is 26.8 Å². The number of nitrogens with one attached hydrogen (secondary N) is 1. The number of anilines is 2. The summed E-state index contributed by atoms with van der Waals surface area (Å²) in [6.07, 6.45) is 1.35. The molecule has 2 heterocycles. The molecule has 0 spiro atoms. The minimum atomic E-state index is -3.19. The number of aryl methyl sites for hydroxylation is 1. The maximum Gasteiger partial charge on any atom is 0.514 e. The van der Waals surface area contributed by atoms with Crippen molar-refractivity contribution in [2.75, 3.05) is 11.1 Å². The Morgan fingerprint density at radius 1 is 1.15 bits per heavy atom. The lowest BCUT2D eigenvalue weighted by Gasteiger charge is -2.23. The number of fused-ring (bicyclic) bond motifs is 1. The number of nitrogens with zero attached hydrogens (tertiary/aromatic N) is 3. The van der Waals surface area contributed by atoms with Gasteiger partial charge < -0.3 is 14.8 Å². The van der Waals surface area contributed by atoms with Gasteiger partial charge in [-0.15, -0.1) is 0 Å². The van der Waals surface area contributed by atoms with Crippen molar-refractivity contribution in [2.24, 2.45) is 0 Å². The number of nitro groups is 1. The SMILES string of the molecule is Cc1c(C2CC[C@@H](OC(=O)Oc3ccc([N+](=O)[O-])cc3)C2)nn(C(C)(C)C)c1Nc1ccc2c(c1)CCS2(=O)=O.